The number of rotatable bonds is 10. The van der Waals surface area contributed by atoms with Gasteiger partial charge in [0.1, 0.15) is 17.3 Å². The maximum Gasteiger partial charge on any atom is 0.244 e. The summed E-state index contributed by atoms with van der Waals surface area (Å²) in [5.74, 6) is 2.17. The molecule has 1 N–H and O–H groups in total. The van der Waals surface area contributed by atoms with Crippen LogP contribution in [0.5, 0.6) is 23.1 Å². The smallest absolute Gasteiger partial charge is 0.244 e. The summed E-state index contributed by atoms with van der Waals surface area (Å²) in [7, 11) is 0.769. The molecule has 0 saturated heterocycles. The Bertz CT molecular complexity index is 1410. The molecule has 0 aliphatic rings. The van der Waals surface area contributed by atoms with Crippen molar-refractivity contribution in [1.29, 1.82) is 0 Å². The predicted molar refractivity (Wildman–Crippen MR) is 123 cm³/mol. The molecule has 12 heteroatoms. The molecule has 2 aromatic heterocycles. The van der Waals surface area contributed by atoms with Crippen LogP contribution >= 0.6 is 0 Å². The van der Waals surface area contributed by atoms with Crippen molar-refractivity contribution in [2.45, 2.75) is 4.90 Å². The first-order chi connectivity index (χ1) is 16.5. The Morgan fingerprint density at radius 2 is 1.65 bits per heavy atom. The third-order valence-corrected chi connectivity index (χ3v) is 6.38. The summed E-state index contributed by atoms with van der Waals surface area (Å²) >= 11 is 0. The number of hydrogen-bond acceptors (Lipinski definition) is 9. The van der Waals surface area contributed by atoms with E-state index >= 15 is 0 Å². The van der Waals surface area contributed by atoms with Gasteiger partial charge in [-0.1, -0.05) is 12.1 Å². The Morgan fingerprint density at radius 1 is 0.882 bits per heavy atom. The molecule has 2 aromatic carbocycles. The lowest BCUT2D eigenvalue weighted by Gasteiger charge is -2.11. The van der Waals surface area contributed by atoms with E-state index in [1.165, 1.54) is 17.7 Å². The van der Waals surface area contributed by atoms with E-state index in [4.69, 9.17) is 18.9 Å². The second kappa shape index (κ2) is 9.93. The van der Waals surface area contributed by atoms with E-state index < -0.39 is 10.0 Å². The van der Waals surface area contributed by atoms with Crippen LogP contribution in [0.2, 0.25) is 0 Å². The van der Waals surface area contributed by atoms with Crippen molar-refractivity contribution in [3.63, 3.8) is 0 Å². The molecule has 0 spiro atoms. The Balaban J connectivity index is 1.47. The zero-order valence-electron chi connectivity index (χ0n) is 18.8. The number of aromatic nitrogens is 4. The second-order valence-corrected chi connectivity index (χ2v) is 8.67. The van der Waals surface area contributed by atoms with Gasteiger partial charge >= 0.3 is 0 Å². The van der Waals surface area contributed by atoms with Gasteiger partial charge in [-0.05, 0) is 36.4 Å². The number of fused-ring (bicyclic) bond motifs is 1. The van der Waals surface area contributed by atoms with Crippen LogP contribution in [0.3, 0.4) is 0 Å². The summed E-state index contributed by atoms with van der Waals surface area (Å²) < 4.78 is 50.6. The third kappa shape index (κ3) is 4.72. The largest absolute Gasteiger partial charge is 0.495 e. The van der Waals surface area contributed by atoms with E-state index in [1.807, 2.05) is 6.07 Å². The van der Waals surface area contributed by atoms with Crippen LogP contribution in [0.25, 0.3) is 17.0 Å². The number of sulfonamides is 1. The fourth-order valence-electron chi connectivity index (χ4n) is 3.25. The van der Waals surface area contributed by atoms with Crippen molar-refractivity contribution >= 4 is 15.7 Å². The summed E-state index contributed by atoms with van der Waals surface area (Å²) in [5.41, 5.74) is 1.24. The first kappa shape index (κ1) is 23.3. The zero-order valence-corrected chi connectivity index (χ0v) is 19.6. The number of para-hydroxylation sites is 1. The summed E-state index contributed by atoms with van der Waals surface area (Å²) in [6.45, 7) is 0.0888. The van der Waals surface area contributed by atoms with Crippen molar-refractivity contribution in [2.75, 3.05) is 34.5 Å². The lowest BCUT2D eigenvalue weighted by molar-refractivity contribution is 0.305. The van der Waals surface area contributed by atoms with Gasteiger partial charge in [0.2, 0.25) is 15.9 Å². The van der Waals surface area contributed by atoms with E-state index in [9.17, 15) is 8.42 Å². The molecule has 4 aromatic rings. The van der Waals surface area contributed by atoms with Crippen LogP contribution in [0.15, 0.2) is 59.5 Å². The van der Waals surface area contributed by atoms with E-state index in [2.05, 4.69) is 20.0 Å². The fourth-order valence-corrected chi connectivity index (χ4v) is 4.44. The van der Waals surface area contributed by atoms with Gasteiger partial charge in [0.15, 0.2) is 23.0 Å². The minimum atomic E-state index is -3.76. The molecule has 0 aliphatic heterocycles. The molecule has 178 valence electrons. The minimum Gasteiger partial charge on any atom is -0.495 e. The Kier molecular flexibility index (Phi) is 6.80. The van der Waals surface area contributed by atoms with E-state index in [1.54, 1.807) is 56.7 Å². The molecule has 0 amide bonds. The molecule has 34 heavy (non-hydrogen) atoms. The molecule has 0 aliphatic carbocycles. The molecule has 0 saturated carbocycles. The van der Waals surface area contributed by atoms with Crippen LogP contribution < -0.4 is 23.7 Å². The van der Waals surface area contributed by atoms with Crippen LogP contribution in [-0.2, 0) is 10.0 Å². The summed E-state index contributed by atoms with van der Waals surface area (Å²) in [5, 5.41) is 12.8. The highest BCUT2D eigenvalue weighted by molar-refractivity contribution is 7.89. The fraction of sp³-hybridized carbons (Fsp3) is 0.227. The second-order valence-electron chi connectivity index (χ2n) is 6.93. The molecule has 0 bridgehead atoms. The topological polar surface area (TPSA) is 126 Å². The van der Waals surface area contributed by atoms with E-state index in [0.29, 0.717) is 23.0 Å². The van der Waals surface area contributed by atoms with Crippen LogP contribution in [0.4, 0.5) is 0 Å². The van der Waals surface area contributed by atoms with Gasteiger partial charge in [-0.15, -0.1) is 15.3 Å². The van der Waals surface area contributed by atoms with Gasteiger partial charge in [-0.3, -0.25) is 0 Å². The molecular weight excluding hydrogens is 462 g/mol. The van der Waals surface area contributed by atoms with Gasteiger partial charge in [0.05, 0.1) is 21.3 Å². The maximum absolute atomic E-state index is 12.6. The van der Waals surface area contributed by atoms with Gasteiger partial charge in [0, 0.05) is 18.2 Å². The number of benzene rings is 2. The van der Waals surface area contributed by atoms with E-state index in [0.717, 1.165) is 5.56 Å². The Labute approximate surface area is 196 Å². The molecule has 0 atom stereocenters. The molecule has 0 unspecified atom stereocenters. The molecule has 0 fully saturated rings. The monoisotopic (exact) mass is 485 g/mol. The molecule has 0 radical (unpaired) electrons. The highest BCUT2D eigenvalue weighted by Gasteiger charge is 2.18. The van der Waals surface area contributed by atoms with Gasteiger partial charge in [0.25, 0.3) is 0 Å². The first-order valence-corrected chi connectivity index (χ1v) is 11.7. The van der Waals surface area contributed by atoms with Crippen LogP contribution in [0, 0.1) is 0 Å². The maximum atomic E-state index is 12.6. The average molecular weight is 486 g/mol. The van der Waals surface area contributed by atoms with Crippen molar-refractivity contribution in [3.05, 3.63) is 54.6 Å². The molecule has 2 heterocycles. The van der Waals surface area contributed by atoms with Crippen molar-refractivity contribution in [2.24, 2.45) is 0 Å². The molecular formula is C22H23N5O6S. The summed E-state index contributed by atoms with van der Waals surface area (Å²) in [6.07, 6.45) is 0. The zero-order chi connectivity index (χ0) is 24.1. The highest BCUT2D eigenvalue weighted by atomic mass is 32.2. The van der Waals surface area contributed by atoms with Crippen molar-refractivity contribution in [1.82, 2.24) is 24.5 Å². The van der Waals surface area contributed by atoms with Crippen molar-refractivity contribution < 1.29 is 27.4 Å². The lowest BCUT2D eigenvalue weighted by atomic mass is 10.2. The van der Waals surface area contributed by atoms with Gasteiger partial charge in [-0.2, -0.15) is 4.52 Å². The number of hydrogen-bond donors (Lipinski definition) is 1. The normalized spacial score (nSPS) is 11.4. The van der Waals surface area contributed by atoms with Crippen molar-refractivity contribution in [3.8, 4) is 34.5 Å². The Hall–Kier alpha value is -3.90. The average Bonchev–Trinajstić information content (AvgIpc) is 3.29. The standard InChI is InChI=1S/C22H23N5O6S/c1-30-16-9-8-15(14-18(16)32-3)22-25-24-20-10-11-21(26-27(20)22)33-13-12-23-34(28,29)19-7-5-4-6-17(19)31-2/h4-11,14,23H,12-13H2,1-3H3. The van der Waals surface area contributed by atoms with E-state index in [-0.39, 0.29) is 29.7 Å². The summed E-state index contributed by atoms with van der Waals surface area (Å²) in [6, 6.07) is 15.1. The SMILES string of the molecule is COc1ccc(-c2nnc3ccc(OCCNS(=O)(=O)c4ccccc4OC)nn23)cc1OC. The van der Waals surface area contributed by atoms with Crippen LogP contribution in [0.1, 0.15) is 0 Å². The van der Waals surface area contributed by atoms with Gasteiger partial charge in [-0.25, -0.2) is 13.1 Å². The third-order valence-electron chi connectivity index (χ3n) is 4.88. The van der Waals surface area contributed by atoms with Gasteiger partial charge < -0.3 is 18.9 Å². The van der Waals surface area contributed by atoms with Crippen LogP contribution in [-0.4, -0.2) is 62.7 Å². The predicted octanol–water partition coefficient (Wildman–Crippen LogP) is 2.17. The highest BCUT2D eigenvalue weighted by Crippen LogP contribution is 2.31. The molecule has 4 rings (SSSR count). The lowest BCUT2D eigenvalue weighted by Crippen LogP contribution is -2.28. The summed E-state index contributed by atoms with van der Waals surface area (Å²) in [4.78, 5) is 0.0566. The number of methoxy groups -OCH3 is 3. The first-order valence-electron chi connectivity index (χ1n) is 10.2. The number of ether oxygens (including phenoxy) is 4. The minimum absolute atomic E-state index is 0.0326. The number of nitrogens with zero attached hydrogens (tertiary/aromatic N) is 4. The molecule has 11 nitrogen and oxygen atoms in total. The Morgan fingerprint density at radius 3 is 2.41 bits per heavy atom. The quantitative estimate of drug-likeness (QED) is 0.336. The number of nitrogens with one attached hydrogen (secondary N) is 1.